The summed E-state index contributed by atoms with van der Waals surface area (Å²) in [6.07, 6.45) is 7.65. The van der Waals surface area contributed by atoms with Crippen LogP contribution in [-0.4, -0.2) is 30.5 Å². The van der Waals surface area contributed by atoms with Gasteiger partial charge in [0.1, 0.15) is 0 Å². The first-order valence-corrected chi connectivity index (χ1v) is 9.21. The van der Waals surface area contributed by atoms with Crippen molar-refractivity contribution < 1.29 is 4.79 Å². The van der Waals surface area contributed by atoms with Crippen molar-refractivity contribution >= 4 is 39.8 Å². The molecule has 1 N–H and O–H groups in total. The summed E-state index contributed by atoms with van der Waals surface area (Å²) >= 11 is 3.31. The molecular formula is C16H19N3OS2. The van der Waals surface area contributed by atoms with Crippen LogP contribution in [0.4, 0.5) is 5.13 Å². The summed E-state index contributed by atoms with van der Waals surface area (Å²) in [5.74, 6) is 0.483. The second-order valence-corrected chi connectivity index (χ2v) is 7.22. The quantitative estimate of drug-likeness (QED) is 0.854. The molecule has 1 atom stereocenters. The first-order valence-electron chi connectivity index (χ1n) is 7.45. The highest BCUT2D eigenvalue weighted by molar-refractivity contribution is 7.13. The van der Waals surface area contributed by atoms with E-state index in [1.165, 1.54) is 0 Å². The minimum absolute atomic E-state index is 0.0141. The summed E-state index contributed by atoms with van der Waals surface area (Å²) in [5, 5.41) is 8.12. The number of thiazole rings is 1. The molecule has 0 aromatic carbocycles. The number of hydrogen-bond acceptors (Lipinski definition) is 5. The van der Waals surface area contributed by atoms with E-state index in [-0.39, 0.29) is 5.91 Å². The third-order valence-electron chi connectivity index (χ3n) is 3.72. The minimum Gasteiger partial charge on any atom is -0.352 e. The van der Waals surface area contributed by atoms with Gasteiger partial charge >= 0.3 is 0 Å². The van der Waals surface area contributed by atoms with Gasteiger partial charge in [-0.2, -0.15) is 0 Å². The van der Waals surface area contributed by atoms with Crippen molar-refractivity contribution in [3.8, 4) is 0 Å². The molecule has 0 radical (unpaired) electrons. The van der Waals surface area contributed by atoms with Gasteiger partial charge < -0.3 is 10.2 Å². The smallest absolute Gasteiger partial charge is 0.244 e. The van der Waals surface area contributed by atoms with Crippen LogP contribution in [-0.2, 0) is 4.79 Å². The number of hydrogen-bond donors (Lipinski definition) is 1. The van der Waals surface area contributed by atoms with Gasteiger partial charge in [0.2, 0.25) is 5.91 Å². The van der Waals surface area contributed by atoms with Crippen molar-refractivity contribution in [1.82, 2.24) is 10.3 Å². The van der Waals surface area contributed by atoms with E-state index in [2.05, 4.69) is 15.2 Å². The van der Waals surface area contributed by atoms with E-state index in [9.17, 15) is 4.79 Å². The van der Waals surface area contributed by atoms with Crippen LogP contribution >= 0.6 is 22.7 Å². The third-order valence-corrected chi connectivity index (χ3v) is 5.39. The number of carbonyl (C=O) groups excluding carboxylic acids is 1. The van der Waals surface area contributed by atoms with Crippen LogP contribution < -0.4 is 10.2 Å². The van der Waals surface area contributed by atoms with Crippen LogP contribution in [0.15, 0.2) is 35.2 Å². The standard InChI is InChI=1S/C16H19N3OS2/c20-15(6-5-14-4-2-9-21-14)18-11-13-3-1-8-19(12-13)16-17-7-10-22-16/h2,4-7,9-10,13H,1,3,8,11-12H2,(H,18,20)/b6-5+/t13-/m0/s1. The summed E-state index contributed by atoms with van der Waals surface area (Å²) < 4.78 is 0. The number of amides is 1. The van der Waals surface area contributed by atoms with Gasteiger partial charge in [0.15, 0.2) is 5.13 Å². The Morgan fingerprint density at radius 1 is 1.45 bits per heavy atom. The lowest BCUT2D eigenvalue weighted by Crippen LogP contribution is -2.40. The maximum atomic E-state index is 11.9. The number of thiophene rings is 1. The van der Waals surface area contributed by atoms with Gasteiger partial charge in [-0.25, -0.2) is 4.98 Å². The molecule has 1 aliphatic heterocycles. The highest BCUT2D eigenvalue weighted by Gasteiger charge is 2.21. The molecule has 0 bridgehead atoms. The van der Waals surface area contributed by atoms with E-state index in [4.69, 9.17) is 0 Å². The lowest BCUT2D eigenvalue weighted by atomic mass is 9.98. The van der Waals surface area contributed by atoms with Crippen molar-refractivity contribution in [3.63, 3.8) is 0 Å². The molecule has 3 rings (SSSR count). The maximum absolute atomic E-state index is 11.9. The van der Waals surface area contributed by atoms with Crippen LogP contribution in [0.1, 0.15) is 17.7 Å². The van der Waals surface area contributed by atoms with Gasteiger partial charge in [-0.1, -0.05) is 6.07 Å². The lowest BCUT2D eigenvalue weighted by molar-refractivity contribution is -0.116. The minimum atomic E-state index is -0.0141. The Morgan fingerprint density at radius 3 is 3.18 bits per heavy atom. The second kappa shape index (κ2) is 7.56. The topological polar surface area (TPSA) is 45.2 Å². The number of anilines is 1. The Bertz CT molecular complexity index is 607. The zero-order chi connectivity index (χ0) is 15.2. The summed E-state index contributed by atoms with van der Waals surface area (Å²) in [5.41, 5.74) is 0. The molecule has 1 amide bonds. The summed E-state index contributed by atoms with van der Waals surface area (Å²) in [7, 11) is 0. The summed E-state index contributed by atoms with van der Waals surface area (Å²) in [6.45, 7) is 2.77. The van der Waals surface area contributed by atoms with Crippen molar-refractivity contribution in [3.05, 3.63) is 40.0 Å². The predicted octanol–water partition coefficient (Wildman–Crippen LogP) is 3.25. The highest BCUT2D eigenvalue weighted by Crippen LogP contribution is 2.24. The van der Waals surface area contributed by atoms with E-state index in [0.29, 0.717) is 5.92 Å². The van der Waals surface area contributed by atoms with Crippen LogP contribution in [0.3, 0.4) is 0 Å². The maximum Gasteiger partial charge on any atom is 0.244 e. The normalized spacial score (nSPS) is 18.7. The second-order valence-electron chi connectivity index (χ2n) is 5.36. The molecule has 0 aliphatic carbocycles. The molecule has 2 aromatic heterocycles. The van der Waals surface area contributed by atoms with E-state index in [1.807, 2.05) is 35.2 Å². The van der Waals surface area contributed by atoms with Crippen molar-refractivity contribution in [2.24, 2.45) is 5.92 Å². The fourth-order valence-electron chi connectivity index (χ4n) is 2.63. The van der Waals surface area contributed by atoms with Crippen molar-refractivity contribution in [1.29, 1.82) is 0 Å². The van der Waals surface area contributed by atoms with E-state index in [1.54, 1.807) is 28.7 Å². The van der Waals surface area contributed by atoms with Gasteiger partial charge in [-0.15, -0.1) is 22.7 Å². The van der Waals surface area contributed by atoms with E-state index in [0.717, 1.165) is 42.5 Å². The molecule has 22 heavy (non-hydrogen) atoms. The van der Waals surface area contributed by atoms with Crippen molar-refractivity contribution in [2.75, 3.05) is 24.5 Å². The molecule has 116 valence electrons. The van der Waals surface area contributed by atoms with Crippen LogP contribution in [0.2, 0.25) is 0 Å². The Balaban J connectivity index is 1.46. The largest absolute Gasteiger partial charge is 0.352 e. The first kappa shape index (κ1) is 15.2. The zero-order valence-electron chi connectivity index (χ0n) is 12.3. The van der Waals surface area contributed by atoms with Gasteiger partial charge in [-0.3, -0.25) is 4.79 Å². The van der Waals surface area contributed by atoms with E-state index < -0.39 is 0 Å². The molecule has 0 spiro atoms. The molecule has 1 fully saturated rings. The molecule has 0 saturated carbocycles. The average molecular weight is 333 g/mol. The molecule has 1 saturated heterocycles. The number of rotatable bonds is 5. The lowest BCUT2D eigenvalue weighted by Gasteiger charge is -2.32. The SMILES string of the molecule is O=C(/C=C/c1cccs1)NC[C@@H]1CCCN(c2nccs2)C1. The van der Waals surface area contributed by atoms with Crippen LogP contribution in [0.5, 0.6) is 0 Å². The summed E-state index contributed by atoms with van der Waals surface area (Å²) in [4.78, 5) is 19.7. The molecule has 2 aromatic rings. The number of piperidine rings is 1. The fraction of sp³-hybridized carbons (Fsp3) is 0.375. The first-order chi connectivity index (χ1) is 10.8. The molecule has 3 heterocycles. The Kier molecular flexibility index (Phi) is 5.24. The number of nitrogens with one attached hydrogen (secondary N) is 1. The molecular weight excluding hydrogens is 314 g/mol. The molecule has 1 aliphatic rings. The monoisotopic (exact) mass is 333 g/mol. The fourth-order valence-corrected chi connectivity index (χ4v) is 3.92. The molecule has 0 unspecified atom stereocenters. The summed E-state index contributed by atoms with van der Waals surface area (Å²) in [6, 6.07) is 3.99. The predicted molar refractivity (Wildman–Crippen MR) is 93.4 cm³/mol. The third kappa shape index (κ3) is 4.18. The average Bonchev–Trinajstić information content (AvgIpc) is 3.24. The Labute approximate surface area is 138 Å². The van der Waals surface area contributed by atoms with Gasteiger partial charge in [0, 0.05) is 42.2 Å². The number of carbonyl (C=O) groups is 1. The van der Waals surface area contributed by atoms with Gasteiger partial charge in [0.05, 0.1) is 0 Å². The van der Waals surface area contributed by atoms with Crippen molar-refractivity contribution in [2.45, 2.75) is 12.8 Å². The van der Waals surface area contributed by atoms with Gasteiger partial charge in [0.25, 0.3) is 0 Å². The zero-order valence-corrected chi connectivity index (χ0v) is 13.9. The van der Waals surface area contributed by atoms with Crippen LogP contribution in [0.25, 0.3) is 6.08 Å². The van der Waals surface area contributed by atoms with E-state index >= 15 is 0 Å². The molecule has 6 heteroatoms. The van der Waals surface area contributed by atoms with Gasteiger partial charge in [-0.05, 0) is 36.3 Å². The number of nitrogens with zero attached hydrogens (tertiary/aromatic N) is 2. The number of aromatic nitrogens is 1. The Hall–Kier alpha value is -1.66. The molecule has 4 nitrogen and oxygen atoms in total. The highest BCUT2D eigenvalue weighted by atomic mass is 32.1. The van der Waals surface area contributed by atoms with Crippen LogP contribution in [0, 0.1) is 5.92 Å². The Morgan fingerprint density at radius 2 is 2.41 bits per heavy atom.